The molecule has 0 spiro atoms. The van der Waals surface area contributed by atoms with Gasteiger partial charge in [-0.3, -0.25) is 0 Å². The Morgan fingerprint density at radius 2 is 2.00 bits per heavy atom. The number of fused-ring (bicyclic) bond motifs is 1. The van der Waals surface area contributed by atoms with Crippen molar-refractivity contribution >= 4 is 33.4 Å². The molecule has 2 aromatic heterocycles. The highest BCUT2D eigenvalue weighted by Gasteiger charge is 2.38. The summed E-state index contributed by atoms with van der Waals surface area (Å²) in [5, 5.41) is 17.4. The lowest BCUT2D eigenvalue weighted by atomic mass is 9.90. The largest absolute Gasteiger partial charge is 0.382 e. The summed E-state index contributed by atoms with van der Waals surface area (Å²) < 4.78 is 20.7. The molecule has 0 unspecified atom stereocenters. The van der Waals surface area contributed by atoms with Crippen LogP contribution < -0.4 is 0 Å². The first-order chi connectivity index (χ1) is 13.1. The van der Waals surface area contributed by atoms with Gasteiger partial charge in [0.15, 0.2) is 0 Å². The number of aliphatic hydroxyl groups is 1. The van der Waals surface area contributed by atoms with Crippen molar-refractivity contribution < 1.29 is 9.50 Å². The molecule has 2 aromatic carbocycles. The van der Waals surface area contributed by atoms with E-state index >= 15 is 0 Å². The summed E-state index contributed by atoms with van der Waals surface area (Å²) in [6.07, 6.45) is 2.99. The Bertz CT molecular complexity index is 1040. The Morgan fingerprint density at radius 3 is 2.74 bits per heavy atom. The predicted molar refractivity (Wildman–Crippen MR) is 105 cm³/mol. The Kier molecular flexibility index (Phi) is 4.94. The molecule has 0 fully saturated rings. The van der Waals surface area contributed by atoms with E-state index in [2.05, 4.69) is 14.5 Å². The van der Waals surface area contributed by atoms with Gasteiger partial charge in [-0.15, -0.1) is 0 Å². The van der Waals surface area contributed by atoms with Crippen LogP contribution in [0.4, 0.5) is 4.39 Å². The van der Waals surface area contributed by atoms with E-state index in [4.69, 9.17) is 0 Å². The molecule has 4 rings (SSSR count). The molecule has 5 nitrogen and oxygen atoms in total. The summed E-state index contributed by atoms with van der Waals surface area (Å²) >= 11 is 2.94. The first-order valence-corrected chi connectivity index (χ1v) is 10.0. The molecule has 0 aliphatic rings. The molecule has 2 heterocycles. The summed E-state index contributed by atoms with van der Waals surface area (Å²) in [7, 11) is 0. The fourth-order valence-corrected chi connectivity index (χ4v) is 5.04. The van der Waals surface area contributed by atoms with Crippen molar-refractivity contribution in [1.82, 2.24) is 19.1 Å². The van der Waals surface area contributed by atoms with Crippen molar-refractivity contribution in [1.29, 1.82) is 0 Å². The fraction of sp³-hybridized carbons (Fsp3) is 0.211. The molecule has 2 atom stereocenters. The van der Waals surface area contributed by atoms with Gasteiger partial charge in [-0.2, -0.15) is 9.47 Å². The number of hydrogen-bond acceptors (Lipinski definition) is 6. The molecule has 1 N–H and O–H groups in total. The van der Waals surface area contributed by atoms with E-state index in [1.165, 1.54) is 41.8 Å². The highest BCUT2D eigenvalue weighted by atomic mass is 32.2. The number of benzene rings is 2. The Morgan fingerprint density at radius 1 is 1.22 bits per heavy atom. The third-order valence-corrected chi connectivity index (χ3v) is 6.74. The molecular weight excluding hydrogens is 383 g/mol. The SMILES string of the molecule is C[C@@H](Sc1nsc2ccccc12)[C@](O)(Cn1cncn1)c1ccc(F)cc1. The van der Waals surface area contributed by atoms with Crippen LogP contribution in [0.5, 0.6) is 0 Å². The monoisotopic (exact) mass is 400 g/mol. The van der Waals surface area contributed by atoms with Gasteiger partial charge in [0, 0.05) is 10.6 Å². The number of aromatic nitrogens is 4. The molecule has 0 amide bonds. The number of hydrogen-bond donors (Lipinski definition) is 1. The van der Waals surface area contributed by atoms with Crippen molar-refractivity contribution in [3.8, 4) is 0 Å². The number of nitrogens with zero attached hydrogens (tertiary/aromatic N) is 4. The minimum atomic E-state index is -1.28. The summed E-state index contributed by atoms with van der Waals surface area (Å²) in [5.74, 6) is -0.340. The predicted octanol–water partition coefficient (Wildman–Crippen LogP) is 4.10. The lowest BCUT2D eigenvalue weighted by molar-refractivity contribution is 0.0167. The van der Waals surface area contributed by atoms with E-state index in [1.54, 1.807) is 23.1 Å². The van der Waals surface area contributed by atoms with Gasteiger partial charge >= 0.3 is 0 Å². The van der Waals surface area contributed by atoms with Crippen LogP contribution in [0.15, 0.2) is 66.2 Å². The molecule has 0 saturated heterocycles. The van der Waals surface area contributed by atoms with Gasteiger partial charge < -0.3 is 5.11 Å². The second-order valence-electron chi connectivity index (χ2n) is 6.27. The van der Waals surface area contributed by atoms with Crippen LogP contribution in [0.2, 0.25) is 0 Å². The van der Waals surface area contributed by atoms with Crippen LogP contribution in [0.1, 0.15) is 12.5 Å². The quantitative estimate of drug-likeness (QED) is 0.494. The molecule has 0 radical (unpaired) electrons. The van der Waals surface area contributed by atoms with Crippen LogP contribution >= 0.6 is 23.3 Å². The van der Waals surface area contributed by atoms with E-state index in [-0.39, 0.29) is 17.6 Å². The number of thioether (sulfide) groups is 1. The highest BCUT2D eigenvalue weighted by Crippen LogP contribution is 2.40. The lowest BCUT2D eigenvalue weighted by Crippen LogP contribution is -2.40. The van der Waals surface area contributed by atoms with Crippen molar-refractivity contribution in [3.63, 3.8) is 0 Å². The minimum absolute atomic E-state index is 0.203. The summed E-state index contributed by atoms with van der Waals surface area (Å²) in [6.45, 7) is 2.15. The molecule has 4 aromatic rings. The van der Waals surface area contributed by atoms with Crippen LogP contribution in [0.25, 0.3) is 10.1 Å². The normalized spacial score (nSPS) is 14.9. The first-order valence-electron chi connectivity index (χ1n) is 8.38. The Labute approximate surface area is 164 Å². The van der Waals surface area contributed by atoms with Gasteiger partial charge in [-0.05, 0) is 42.2 Å². The van der Waals surface area contributed by atoms with E-state index < -0.39 is 5.60 Å². The smallest absolute Gasteiger partial charge is 0.137 e. The standard InChI is InChI=1S/C19H17FN4OS2/c1-13(26-18-16-4-2-3-5-17(16)27-23-18)19(25,10-24-12-21-11-22-24)14-6-8-15(20)9-7-14/h2-9,11-13,25H,10H2,1H3/t13-,19-/m1/s1. The van der Waals surface area contributed by atoms with Crippen LogP contribution in [-0.4, -0.2) is 29.5 Å². The second kappa shape index (κ2) is 7.38. The van der Waals surface area contributed by atoms with Gasteiger partial charge in [-0.25, -0.2) is 14.1 Å². The molecule has 0 aliphatic heterocycles. The summed E-state index contributed by atoms with van der Waals surface area (Å²) in [5.41, 5.74) is -0.657. The van der Waals surface area contributed by atoms with E-state index in [1.807, 2.05) is 31.2 Å². The number of halogens is 1. The van der Waals surface area contributed by atoms with Gasteiger partial charge in [0.2, 0.25) is 0 Å². The molecule has 0 saturated carbocycles. The third kappa shape index (κ3) is 3.60. The zero-order valence-corrected chi connectivity index (χ0v) is 16.1. The molecule has 0 bridgehead atoms. The molecule has 8 heteroatoms. The first kappa shape index (κ1) is 18.1. The maximum Gasteiger partial charge on any atom is 0.137 e. The Balaban J connectivity index is 1.69. The van der Waals surface area contributed by atoms with Crippen LogP contribution in [0, 0.1) is 5.82 Å². The second-order valence-corrected chi connectivity index (χ2v) is 8.40. The summed E-state index contributed by atoms with van der Waals surface area (Å²) in [6, 6.07) is 14.0. The zero-order valence-electron chi connectivity index (χ0n) is 14.5. The summed E-state index contributed by atoms with van der Waals surface area (Å²) in [4.78, 5) is 3.95. The van der Waals surface area contributed by atoms with Gasteiger partial charge in [0.1, 0.15) is 29.1 Å². The molecule has 138 valence electrons. The van der Waals surface area contributed by atoms with Crippen molar-refractivity contribution in [2.75, 3.05) is 0 Å². The highest BCUT2D eigenvalue weighted by molar-refractivity contribution is 8.00. The maximum atomic E-state index is 13.4. The number of rotatable bonds is 6. The molecule has 27 heavy (non-hydrogen) atoms. The zero-order chi connectivity index (χ0) is 18.9. The van der Waals surface area contributed by atoms with Crippen molar-refractivity contribution in [3.05, 3.63) is 72.6 Å². The Hall–Kier alpha value is -2.29. The third-order valence-electron chi connectivity index (χ3n) is 4.52. The van der Waals surface area contributed by atoms with Crippen molar-refractivity contribution in [2.45, 2.75) is 29.3 Å². The molecular formula is C19H17FN4OS2. The fourth-order valence-electron chi connectivity index (χ4n) is 2.97. The lowest BCUT2D eigenvalue weighted by Gasteiger charge is -2.34. The van der Waals surface area contributed by atoms with E-state index in [0.29, 0.717) is 5.56 Å². The minimum Gasteiger partial charge on any atom is -0.382 e. The van der Waals surface area contributed by atoms with Gasteiger partial charge in [0.25, 0.3) is 0 Å². The van der Waals surface area contributed by atoms with Gasteiger partial charge in [-0.1, -0.05) is 42.1 Å². The van der Waals surface area contributed by atoms with Crippen molar-refractivity contribution in [2.24, 2.45) is 0 Å². The maximum absolute atomic E-state index is 13.4. The molecule has 0 aliphatic carbocycles. The van der Waals surface area contributed by atoms with E-state index in [9.17, 15) is 9.50 Å². The van der Waals surface area contributed by atoms with Crippen LogP contribution in [-0.2, 0) is 12.1 Å². The average molecular weight is 401 g/mol. The average Bonchev–Trinajstić information content (AvgIpc) is 3.32. The van der Waals surface area contributed by atoms with E-state index in [0.717, 1.165) is 15.1 Å². The topological polar surface area (TPSA) is 63.8 Å². The van der Waals surface area contributed by atoms with Crippen LogP contribution in [0.3, 0.4) is 0 Å². The van der Waals surface area contributed by atoms with Gasteiger partial charge in [0.05, 0.1) is 11.2 Å².